The van der Waals surface area contributed by atoms with Crippen molar-refractivity contribution in [3.8, 4) is 0 Å². The number of amides is 4. The van der Waals surface area contributed by atoms with Crippen LogP contribution in [-0.2, 0) is 38.1 Å². The zero-order chi connectivity index (χ0) is 65.3. The molecule has 6 aromatic rings. The van der Waals surface area contributed by atoms with Gasteiger partial charge in [-0.25, -0.2) is 19.2 Å². The third-order valence-corrected chi connectivity index (χ3v) is 12.8. The summed E-state index contributed by atoms with van der Waals surface area (Å²) in [5, 5.41) is 46.5. The highest BCUT2D eigenvalue weighted by atomic mass is 79.9. The highest BCUT2D eigenvalue weighted by Crippen LogP contribution is 2.33. The van der Waals surface area contributed by atoms with Crippen molar-refractivity contribution < 1.29 is 67.5 Å². The topological polar surface area (TPSA) is 311 Å². The molecule has 4 amide bonds. The summed E-state index contributed by atoms with van der Waals surface area (Å²) in [6.07, 6.45) is 2.48. The average Bonchev–Trinajstić information content (AvgIpc) is 3.71. The van der Waals surface area contributed by atoms with Gasteiger partial charge in [-0.15, -0.1) is 20.5 Å². The molecule has 6 N–H and O–H groups in total. The van der Waals surface area contributed by atoms with Crippen LogP contribution in [0.3, 0.4) is 0 Å². The lowest BCUT2D eigenvalue weighted by Crippen LogP contribution is -2.32. The molecule has 1 atom stereocenters. The molecule has 22 nitrogen and oxygen atoms in total. The first-order chi connectivity index (χ1) is 41.7. The van der Waals surface area contributed by atoms with Gasteiger partial charge in [0.1, 0.15) is 22.9 Å². The zero-order valence-electron chi connectivity index (χ0n) is 50.4. The Balaban J connectivity index is 0.000000338. The number of nitrogens with zero attached hydrogens (tertiary/aromatic N) is 4. The van der Waals surface area contributed by atoms with Crippen molar-refractivity contribution in [2.75, 3.05) is 49.7 Å². The Kier molecular flexibility index (Phi) is 26.5. The minimum absolute atomic E-state index is 0.0189. The molecule has 0 heterocycles. The van der Waals surface area contributed by atoms with Crippen LogP contribution < -0.4 is 21.3 Å². The zero-order valence-corrected chi connectivity index (χ0v) is 52.0. The fraction of sp³-hybridized carbons (Fsp3) is 0.231. The number of nitrogens with one attached hydrogen (secondary N) is 4. The molecule has 0 bridgehead atoms. The second-order valence-corrected chi connectivity index (χ2v) is 22.1. The van der Waals surface area contributed by atoms with Crippen LogP contribution in [0.4, 0.5) is 34.1 Å². The molecule has 0 aromatic heterocycles. The first-order valence-corrected chi connectivity index (χ1v) is 27.6. The largest absolute Gasteiger partial charge is 0.510 e. The van der Waals surface area contributed by atoms with Crippen molar-refractivity contribution in [3.63, 3.8) is 0 Å². The minimum Gasteiger partial charge on any atom is -0.510 e. The predicted molar refractivity (Wildman–Crippen MR) is 338 cm³/mol. The van der Waals surface area contributed by atoms with Crippen LogP contribution in [0.1, 0.15) is 113 Å². The molecule has 6 rings (SSSR count). The highest BCUT2D eigenvalue weighted by Gasteiger charge is 2.31. The van der Waals surface area contributed by atoms with Gasteiger partial charge in [-0.05, 0) is 136 Å². The molecule has 0 saturated heterocycles. The molecule has 0 aliphatic heterocycles. The number of anilines is 4. The SMILES string of the molecule is C=Cc1ccccc1.COC(=O)c1ccc(C(=O)OC)c(N=NC(C(=O)Nc2ccc(NC(=O)C(C)(C)Br)cc2)=C(C)O)c1.COC(=O)c1ccc(C(=O)OC)c(N=NC(C(=O)Nc2ccc(NC(=O)C(C)(C)CC(C)c3ccccc3)cc2)=C(C)O)c1. The van der Waals surface area contributed by atoms with Gasteiger partial charge in [-0.1, -0.05) is 110 Å². The summed E-state index contributed by atoms with van der Waals surface area (Å²) in [5.74, 6) is -5.49. The summed E-state index contributed by atoms with van der Waals surface area (Å²) < 4.78 is 18.1. The lowest BCUT2D eigenvalue weighted by atomic mass is 9.80. The van der Waals surface area contributed by atoms with Gasteiger partial charge < -0.3 is 50.4 Å². The average molecular weight is 1270 g/mol. The second kappa shape index (κ2) is 33.3. The van der Waals surface area contributed by atoms with Crippen LogP contribution in [0.25, 0.3) is 6.08 Å². The Morgan fingerprint density at radius 2 is 0.875 bits per heavy atom. The van der Waals surface area contributed by atoms with Gasteiger partial charge >= 0.3 is 23.9 Å². The fourth-order valence-electron chi connectivity index (χ4n) is 7.64. The quantitative estimate of drug-likeness (QED) is 0.0103. The van der Waals surface area contributed by atoms with Crippen molar-refractivity contribution in [1.82, 2.24) is 0 Å². The van der Waals surface area contributed by atoms with Crippen molar-refractivity contribution >= 4 is 104 Å². The number of aliphatic hydroxyl groups excluding tert-OH is 2. The molecular weight excluding hydrogens is 1200 g/mol. The van der Waals surface area contributed by atoms with Crippen LogP contribution in [0, 0.1) is 5.41 Å². The molecule has 0 saturated carbocycles. The van der Waals surface area contributed by atoms with E-state index in [2.05, 4.69) is 75.9 Å². The number of azo groups is 2. The monoisotopic (exact) mass is 1260 g/mol. The van der Waals surface area contributed by atoms with E-state index in [-0.39, 0.29) is 51.4 Å². The summed E-state index contributed by atoms with van der Waals surface area (Å²) in [6, 6.07) is 40.6. The van der Waals surface area contributed by atoms with Crippen molar-refractivity contribution in [2.45, 2.75) is 65.1 Å². The summed E-state index contributed by atoms with van der Waals surface area (Å²) in [5.41, 5.74) is 2.58. The Labute approximate surface area is 518 Å². The van der Waals surface area contributed by atoms with Gasteiger partial charge in [0.2, 0.25) is 11.8 Å². The Hall–Kier alpha value is -10.4. The highest BCUT2D eigenvalue weighted by molar-refractivity contribution is 9.10. The standard InChI is InChI=1S/C33H36N4O7.C24H25BrN4O7.C8H8/c1-20(22-10-8-7-9-11-22)19-33(3,4)32(42)35-25-15-13-24(14-16-25)34-29(39)28(21(2)38)37-36-27-18-23(30(40)43-5)12-17-26(27)31(41)44-6;1-13(30)19(20(31)26-15-7-9-16(10-8-15)27-23(34)24(2,3)25)29-28-18-12-14(21(32)35-4)6-11-17(18)22(33)36-5;1-2-8-6-4-3-5-7-8/h7-18,20,38H,19H2,1-6H3,(H,34,39)(H,35,42);6-12,30H,1-5H3,(H,26,31)(H,27,34);2-7H,1H2. The van der Waals surface area contributed by atoms with E-state index in [0.29, 0.717) is 29.2 Å². The summed E-state index contributed by atoms with van der Waals surface area (Å²) in [7, 11) is 4.75. The summed E-state index contributed by atoms with van der Waals surface area (Å²) in [4.78, 5) is 98.9. The third-order valence-electron chi connectivity index (χ3n) is 12.5. The van der Waals surface area contributed by atoms with E-state index in [9.17, 15) is 48.6 Å². The van der Waals surface area contributed by atoms with Crippen LogP contribution >= 0.6 is 15.9 Å². The molecule has 88 heavy (non-hydrogen) atoms. The number of hydrogen-bond acceptors (Lipinski definition) is 18. The van der Waals surface area contributed by atoms with E-state index in [4.69, 9.17) is 14.2 Å². The maximum Gasteiger partial charge on any atom is 0.340 e. The van der Waals surface area contributed by atoms with Gasteiger partial charge in [0.25, 0.3) is 11.8 Å². The number of esters is 4. The van der Waals surface area contributed by atoms with Gasteiger partial charge in [0.15, 0.2) is 11.4 Å². The van der Waals surface area contributed by atoms with Gasteiger partial charge in [-0.2, -0.15) is 0 Å². The van der Waals surface area contributed by atoms with Crippen molar-refractivity contribution in [3.05, 3.63) is 208 Å². The second-order valence-electron chi connectivity index (χ2n) is 20.2. The summed E-state index contributed by atoms with van der Waals surface area (Å²) >= 11 is 3.27. The first-order valence-electron chi connectivity index (χ1n) is 26.8. The minimum atomic E-state index is -0.791. The number of benzene rings is 6. The maximum absolute atomic E-state index is 13.1. The molecule has 6 aromatic carbocycles. The number of alkyl halides is 1. The predicted octanol–water partition coefficient (Wildman–Crippen LogP) is 14.1. The maximum atomic E-state index is 13.1. The normalized spacial score (nSPS) is 12.0. The molecule has 23 heteroatoms. The molecule has 1 unspecified atom stereocenters. The number of hydrogen-bond donors (Lipinski definition) is 6. The number of halogens is 1. The van der Waals surface area contributed by atoms with Gasteiger partial charge in [0, 0.05) is 28.2 Å². The number of allylic oxidation sites excluding steroid dienone is 2. The molecule has 0 aliphatic carbocycles. The van der Waals surface area contributed by atoms with Crippen LogP contribution in [-0.4, -0.2) is 90.5 Å². The van der Waals surface area contributed by atoms with Gasteiger partial charge in [-0.3, -0.25) is 19.2 Å². The van der Waals surface area contributed by atoms with E-state index in [1.54, 1.807) is 62.4 Å². The van der Waals surface area contributed by atoms with Crippen LogP contribution in [0.2, 0.25) is 0 Å². The first kappa shape index (κ1) is 70.1. The van der Waals surface area contributed by atoms with Crippen molar-refractivity contribution in [1.29, 1.82) is 0 Å². The lowest BCUT2D eigenvalue weighted by molar-refractivity contribution is -0.124. The van der Waals surface area contributed by atoms with Crippen LogP contribution in [0.5, 0.6) is 0 Å². The number of carbonyl (C=O) groups is 8. The molecule has 460 valence electrons. The van der Waals surface area contributed by atoms with E-state index in [1.807, 2.05) is 80.6 Å². The number of carbonyl (C=O) groups excluding carboxylic acids is 8. The number of rotatable bonds is 20. The lowest BCUT2D eigenvalue weighted by Gasteiger charge is -2.27. The van der Waals surface area contributed by atoms with E-state index >= 15 is 0 Å². The molecule has 0 aliphatic rings. The van der Waals surface area contributed by atoms with Crippen molar-refractivity contribution in [2.24, 2.45) is 25.9 Å². The van der Waals surface area contributed by atoms with E-state index in [0.717, 1.165) is 5.56 Å². The van der Waals surface area contributed by atoms with Crippen LogP contribution in [0.15, 0.2) is 196 Å². The Morgan fingerprint density at radius 1 is 0.523 bits per heavy atom. The van der Waals surface area contributed by atoms with E-state index in [1.165, 1.54) is 84.2 Å². The fourth-order valence-corrected chi connectivity index (χ4v) is 7.74. The number of aliphatic hydroxyl groups is 2. The Bertz CT molecular complexity index is 3610. The Morgan fingerprint density at radius 3 is 1.20 bits per heavy atom. The third kappa shape index (κ3) is 21.3. The molecule has 0 spiro atoms. The number of methoxy groups -OCH3 is 4. The summed E-state index contributed by atoms with van der Waals surface area (Å²) in [6.45, 7) is 15.4. The molecule has 0 fully saturated rings. The van der Waals surface area contributed by atoms with Gasteiger partial charge in [0.05, 0.1) is 55.0 Å². The number of ether oxygens (including phenoxy) is 4. The molecule has 0 radical (unpaired) electrons. The smallest absolute Gasteiger partial charge is 0.340 e. The van der Waals surface area contributed by atoms with E-state index < -0.39 is 68.3 Å². The molecular formula is C65H69BrN8O14.